The summed E-state index contributed by atoms with van der Waals surface area (Å²) in [5, 5.41) is 8.71. The molecule has 3 rings (SSSR count). The number of carbonyl (C=O) groups excluding carboxylic acids is 1. The Morgan fingerprint density at radius 2 is 2.10 bits per heavy atom. The van der Waals surface area contributed by atoms with Gasteiger partial charge in [0.15, 0.2) is 0 Å². The first-order valence-electron chi connectivity index (χ1n) is 7.39. The molecule has 0 atom stereocenters. The van der Waals surface area contributed by atoms with Gasteiger partial charge < -0.3 is 10.0 Å². The third kappa shape index (κ3) is 3.43. The molecule has 0 aliphatic heterocycles. The van der Waals surface area contributed by atoms with Crippen molar-refractivity contribution in [1.82, 2.24) is 4.90 Å². The number of rotatable bonds is 4. The van der Waals surface area contributed by atoms with E-state index in [4.69, 9.17) is 5.11 Å². The second-order valence-electron chi connectivity index (χ2n) is 5.79. The van der Waals surface area contributed by atoms with Gasteiger partial charge in [0.05, 0.1) is 5.56 Å². The maximum atomic E-state index is 14.0. The molecule has 1 N–H and O–H groups in total. The van der Waals surface area contributed by atoms with E-state index in [0.717, 1.165) is 19.4 Å². The summed E-state index contributed by atoms with van der Waals surface area (Å²) >= 11 is 0. The third-order valence-corrected chi connectivity index (χ3v) is 3.91. The second kappa shape index (κ2) is 5.87. The number of carbonyl (C=O) groups is 1. The van der Waals surface area contributed by atoms with Crippen LogP contribution in [0.5, 0.6) is 0 Å². The van der Waals surface area contributed by atoms with Crippen molar-refractivity contribution in [3.63, 3.8) is 0 Å². The van der Waals surface area contributed by atoms with Gasteiger partial charge in [-0.3, -0.25) is 4.79 Å². The summed E-state index contributed by atoms with van der Waals surface area (Å²) in [6, 6.07) is 4.57. The summed E-state index contributed by atoms with van der Waals surface area (Å²) < 4.78 is 14.0. The fourth-order valence-corrected chi connectivity index (χ4v) is 2.43. The fourth-order valence-electron chi connectivity index (χ4n) is 2.43. The van der Waals surface area contributed by atoms with E-state index in [0.29, 0.717) is 11.5 Å². The van der Waals surface area contributed by atoms with Crippen molar-refractivity contribution >= 4 is 5.91 Å². The number of halogens is 1. The predicted octanol–water partition coefficient (Wildman–Crippen LogP) is 2.18. The monoisotopic (exact) mass is 287 g/mol. The van der Waals surface area contributed by atoms with E-state index in [1.54, 1.807) is 0 Å². The average Bonchev–Trinajstić information content (AvgIpc) is 3.36. The van der Waals surface area contributed by atoms with Crippen LogP contribution in [0.15, 0.2) is 18.2 Å². The molecular weight excluding hydrogens is 269 g/mol. The van der Waals surface area contributed by atoms with E-state index in [2.05, 4.69) is 11.8 Å². The standard InChI is InChI=1S/C17H18FNO2/c18-16-8-5-12(2-1-9-20)10-15(16)17(21)19(14-6-7-14)11-13-3-4-13/h5,8,10,13-14,20H,3-4,6-7,9,11H2. The minimum absolute atomic E-state index is 0.0901. The minimum Gasteiger partial charge on any atom is -0.384 e. The lowest BCUT2D eigenvalue weighted by Crippen LogP contribution is -2.35. The van der Waals surface area contributed by atoms with E-state index >= 15 is 0 Å². The van der Waals surface area contributed by atoms with Gasteiger partial charge in [-0.15, -0.1) is 0 Å². The average molecular weight is 287 g/mol. The summed E-state index contributed by atoms with van der Waals surface area (Å²) in [5.74, 6) is 5.09. The summed E-state index contributed by atoms with van der Waals surface area (Å²) in [7, 11) is 0. The number of hydrogen-bond acceptors (Lipinski definition) is 2. The zero-order valence-electron chi connectivity index (χ0n) is 11.8. The highest BCUT2D eigenvalue weighted by atomic mass is 19.1. The molecule has 0 bridgehead atoms. The molecule has 110 valence electrons. The third-order valence-electron chi connectivity index (χ3n) is 3.91. The molecule has 1 amide bonds. The molecule has 0 spiro atoms. The molecule has 0 heterocycles. The number of hydrogen-bond donors (Lipinski definition) is 1. The highest BCUT2D eigenvalue weighted by Crippen LogP contribution is 2.35. The van der Waals surface area contributed by atoms with Gasteiger partial charge in [0.2, 0.25) is 0 Å². The Hall–Kier alpha value is -1.86. The number of aliphatic hydroxyl groups excluding tert-OH is 1. The van der Waals surface area contributed by atoms with Crippen molar-refractivity contribution in [3.05, 3.63) is 35.1 Å². The molecule has 1 aromatic rings. The topological polar surface area (TPSA) is 40.5 Å². The number of nitrogens with zero attached hydrogens (tertiary/aromatic N) is 1. The summed E-state index contributed by atoms with van der Waals surface area (Å²) in [6.45, 7) is 0.492. The molecule has 21 heavy (non-hydrogen) atoms. The lowest BCUT2D eigenvalue weighted by molar-refractivity contribution is 0.0730. The van der Waals surface area contributed by atoms with Crippen LogP contribution in [0, 0.1) is 23.6 Å². The molecule has 0 aromatic heterocycles. The van der Waals surface area contributed by atoms with Gasteiger partial charge in [-0.25, -0.2) is 4.39 Å². The molecule has 2 saturated carbocycles. The van der Waals surface area contributed by atoms with Crippen LogP contribution in [0.4, 0.5) is 4.39 Å². The molecule has 2 aliphatic rings. The first kappa shape index (κ1) is 14.1. The zero-order chi connectivity index (χ0) is 14.8. The van der Waals surface area contributed by atoms with Gasteiger partial charge in [0.25, 0.3) is 5.91 Å². The molecule has 2 fully saturated rings. The smallest absolute Gasteiger partial charge is 0.257 e. The normalized spacial score (nSPS) is 17.0. The lowest BCUT2D eigenvalue weighted by Gasteiger charge is -2.22. The Morgan fingerprint density at radius 3 is 2.71 bits per heavy atom. The highest BCUT2D eigenvalue weighted by Gasteiger charge is 2.37. The Balaban J connectivity index is 1.84. The van der Waals surface area contributed by atoms with Crippen LogP contribution in [0.3, 0.4) is 0 Å². The van der Waals surface area contributed by atoms with Crippen molar-refractivity contribution in [2.45, 2.75) is 31.7 Å². The van der Waals surface area contributed by atoms with Crippen LogP contribution in [0.2, 0.25) is 0 Å². The van der Waals surface area contributed by atoms with E-state index < -0.39 is 5.82 Å². The van der Waals surface area contributed by atoms with Gasteiger partial charge in [0, 0.05) is 18.2 Å². The number of aliphatic hydroxyl groups is 1. The van der Waals surface area contributed by atoms with Crippen LogP contribution in [0.1, 0.15) is 41.6 Å². The van der Waals surface area contributed by atoms with Crippen LogP contribution < -0.4 is 0 Å². The fraction of sp³-hybridized carbons (Fsp3) is 0.471. The predicted molar refractivity (Wildman–Crippen MR) is 77.1 cm³/mol. The van der Waals surface area contributed by atoms with Crippen LogP contribution in [-0.4, -0.2) is 35.1 Å². The maximum absolute atomic E-state index is 14.0. The van der Waals surface area contributed by atoms with Crippen LogP contribution >= 0.6 is 0 Å². The van der Waals surface area contributed by atoms with Crippen molar-refractivity contribution in [1.29, 1.82) is 0 Å². The van der Waals surface area contributed by atoms with E-state index in [1.165, 1.54) is 31.0 Å². The van der Waals surface area contributed by atoms with Crippen molar-refractivity contribution < 1.29 is 14.3 Å². The van der Waals surface area contributed by atoms with Crippen molar-refractivity contribution in [2.24, 2.45) is 5.92 Å². The first-order chi connectivity index (χ1) is 10.2. The summed E-state index contributed by atoms with van der Waals surface area (Å²) in [4.78, 5) is 14.5. The van der Waals surface area contributed by atoms with Crippen molar-refractivity contribution in [2.75, 3.05) is 13.2 Å². The van der Waals surface area contributed by atoms with E-state index in [-0.39, 0.29) is 24.1 Å². The largest absolute Gasteiger partial charge is 0.384 e. The summed E-state index contributed by atoms with van der Waals surface area (Å²) in [6.07, 6.45) is 4.37. The van der Waals surface area contributed by atoms with Crippen LogP contribution in [0.25, 0.3) is 0 Å². The zero-order valence-corrected chi connectivity index (χ0v) is 11.8. The molecule has 0 saturated heterocycles. The van der Waals surface area contributed by atoms with Crippen LogP contribution in [-0.2, 0) is 0 Å². The van der Waals surface area contributed by atoms with Gasteiger partial charge in [-0.2, -0.15) is 0 Å². The van der Waals surface area contributed by atoms with E-state index in [9.17, 15) is 9.18 Å². The first-order valence-corrected chi connectivity index (χ1v) is 7.39. The lowest BCUT2D eigenvalue weighted by atomic mass is 10.1. The van der Waals surface area contributed by atoms with Gasteiger partial charge >= 0.3 is 0 Å². The number of amides is 1. The number of benzene rings is 1. The molecule has 4 heteroatoms. The SMILES string of the molecule is O=C(c1cc(C#CCO)ccc1F)N(CC1CC1)C1CC1. The molecule has 1 aromatic carbocycles. The Bertz CT molecular complexity index is 609. The van der Waals surface area contributed by atoms with Gasteiger partial charge in [-0.1, -0.05) is 11.8 Å². The van der Waals surface area contributed by atoms with Crippen molar-refractivity contribution in [3.8, 4) is 11.8 Å². The maximum Gasteiger partial charge on any atom is 0.257 e. The molecule has 2 aliphatic carbocycles. The molecule has 0 unspecified atom stereocenters. The highest BCUT2D eigenvalue weighted by molar-refractivity contribution is 5.95. The van der Waals surface area contributed by atoms with E-state index in [1.807, 2.05) is 4.90 Å². The second-order valence-corrected chi connectivity index (χ2v) is 5.79. The summed E-state index contributed by atoms with van der Waals surface area (Å²) in [5.41, 5.74) is 0.642. The Labute approximate surface area is 123 Å². The van der Waals surface area contributed by atoms with Gasteiger partial charge in [-0.05, 0) is 49.8 Å². The Morgan fingerprint density at radius 1 is 1.33 bits per heavy atom. The quantitative estimate of drug-likeness (QED) is 0.862. The molecule has 0 radical (unpaired) electrons. The Kier molecular flexibility index (Phi) is 3.94. The molecular formula is C17H18FNO2. The minimum atomic E-state index is -0.504. The molecule has 3 nitrogen and oxygen atoms in total. The van der Waals surface area contributed by atoms with Gasteiger partial charge in [0.1, 0.15) is 12.4 Å².